The van der Waals surface area contributed by atoms with Gasteiger partial charge in [0.05, 0.1) is 13.0 Å². The van der Waals surface area contributed by atoms with E-state index in [0.29, 0.717) is 12.5 Å². The summed E-state index contributed by atoms with van der Waals surface area (Å²) in [7, 11) is 1.68. The fourth-order valence-electron chi connectivity index (χ4n) is 2.92. The summed E-state index contributed by atoms with van der Waals surface area (Å²) in [4.78, 5) is 13.4. The Labute approximate surface area is 126 Å². The Balaban J connectivity index is 2.14. The quantitative estimate of drug-likeness (QED) is 0.905. The second-order valence-corrected chi connectivity index (χ2v) is 6.14. The number of nitrogens with zero attached hydrogens (tertiary/aromatic N) is 1. The lowest BCUT2D eigenvalue weighted by Gasteiger charge is -2.31. The minimum atomic E-state index is -0.678. The van der Waals surface area contributed by atoms with Crippen LogP contribution in [0, 0.1) is 5.92 Å². The predicted octanol–water partition coefficient (Wildman–Crippen LogP) is 3.12. The second-order valence-electron chi connectivity index (χ2n) is 6.14. The number of hydrogen-bond donors (Lipinski definition) is 1. The average Bonchev–Trinajstić information content (AvgIpc) is 2.47. The van der Waals surface area contributed by atoms with Crippen LogP contribution in [0.5, 0.6) is 5.75 Å². The molecule has 4 nitrogen and oxygen atoms in total. The van der Waals surface area contributed by atoms with Gasteiger partial charge in [-0.15, -0.1) is 0 Å². The fourth-order valence-corrected chi connectivity index (χ4v) is 2.92. The number of benzene rings is 1. The zero-order valence-electron chi connectivity index (χ0n) is 13.1. The highest BCUT2D eigenvalue weighted by atomic mass is 16.5. The molecule has 1 saturated heterocycles. The van der Waals surface area contributed by atoms with Crippen molar-refractivity contribution in [3.8, 4) is 5.75 Å². The molecule has 1 atom stereocenters. The summed E-state index contributed by atoms with van der Waals surface area (Å²) in [5, 5.41) is 9.19. The summed E-state index contributed by atoms with van der Waals surface area (Å²) >= 11 is 0. The lowest BCUT2D eigenvalue weighted by molar-refractivity contribution is -0.143. The molecule has 0 bridgehead atoms. The number of piperidine rings is 1. The third-order valence-electron chi connectivity index (χ3n) is 4.22. The van der Waals surface area contributed by atoms with Gasteiger partial charge in [-0.3, -0.25) is 9.69 Å². The van der Waals surface area contributed by atoms with Crippen LogP contribution in [0.25, 0.3) is 0 Å². The number of carboxylic acids is 1. The van der Waals surface area contributed by atoms with Gasteiger partial charge in [0.25, 0.3) is 0 Å². The summed E-state index contributed by atoms with van der Waals surface area (Å²) in [5.41, 5.74) is 2.44. The Hall–Kier alpha value is -1.55. The summed E-state index contributed by atoms with van der Waals surface area (Å²) in [6.07, 6.45) is 1.73. The van der Waals surface area contributed by atoms with Crippen LogP contribution in [-0.4, -0.2) is 36.2 Å². The molecule has 1 aromatic rings. The minimum Gasteiger partial charge on any atom is -0.496 e. The highest BCUT2D eigenvalue weighted by molar-refractivity contribution is 5.70. The molecule has 1 fully saturated rings. The van der Waals surface area contributed by atoms with E-state index in [1.54, 1.807) is 7.11 Å². The van der Waals surface area contributed by atoms with E-state index in [9.17, 15) is 9.90 Å². The Morgan fingerprint density at radius 3 is 2.86 bits per heavy atom. The fraction of sp³-hybridized carbons (Fsp3) is 0.588. The molecule has 0 spiro atoms. The average molecular weight is 291 g/mol. The Kier molecular flexibility index (Phi) is 5.23. The van der Waals surface area contributed by atoms with Gasteiger partial charge in [-0.1, -0.05) is 26.0 Å². The molecule has 4 heteroatoms. The van der Waals surface area contributed by atoms with Crippen molar-refractivity contribution in [1.82, 2.24) is 4.90 Å². The summed E-state index contributed by atoms with van der Waals surface area (Å²) in [6, 6.07) is 6.31. The maximum atomic E-state index is 11.2. The summed E-state index contributed by atoms with van der Waals surface area (Å²) in [6.45, 7) is 6.69. The SMILES string of the molecule is COc1ccc(C(C)C)cc1CN1CCCC(C(=O)O)C1. The molecule has 0 radical (unpaired) electrons. The first-order chi connectivity index (χ1) is 10.0. The van der Waals surface area contributed by atoms with Crippen molar-refractivity contribution in [1.29, 1.82) is 0 Å². The molecule has 0 saturated carbocycles. The van der Waals surface area contributed by atoms with Crippen molar-refractivity contribution in [3.05, 3.63) is 29.3 Å². The molecular weight excluding hydrogens is 266 g/mol. The summed E-state index contributed by atoms with van der Waals surface area (Å²) < 4.78 is 5.45. The van der Waals surface area contributed by atoms with Crippen molar-refractivity contribution >= 4 is 5.97 Å². The number of carbonyl (C=O) groups is 1. The normalized spacial score (nSPS) is 19.7. The van der Waals surface area contributed by atoms with Gasteiger partial charge in [-0.25, -0.2) is 0 Å². The third kappa shape index (κ3) is 3.97. The Bertz CT molecular complexity index is 499. The lowest BCUT2D eigenvalue weighted by atomic mass is 9.96. The molecule has 116 valence electrons. The van der Waals surface area contributed by atoms with Gasteiger partial charge in [0, 0.05) is 18.7 Å². The van der Waals surface area contributed by atoms with Crippen LogP contribution in [-0.2, 0) is 11.3 Å². The molecule has 1 unspecified atom stereocenters. The van der Waals surface area contributed by atoms with Crippen LogP contribution < -0.4 is 4.74 Å². The van der Waals surface area contributed by atoms with E-state index in [2.05, 4.69) is 30.9 Å². The van der Waals surface area contributed by atoms with Gasteiger partial charge in [-0.05, 0) is 36.9 Å². The second kappa shape index (κ2) is 6.94. The molecule has 1 N–H and O–H groups in total. The highest BCUT2D eigenvalue weighted by Crippen LogP contribution is 2.27. The van der Waals surface area contributed by atoms with Crippen LogP contribution in [0.3, 0.4) is 0 Å². The maximum absolute atomic E-state index is 11.2. The number of methoxy groups -OCH3 is 1. The van der Waals surface area contributed by atoms with E-state index in [4.69, 9.17) is 4.74 Å². The molecule has 21 heavy (non-hydrogen) atoms. The molecule has 0 aromatic heterocycles. The van der Waals surface area contributed by atoms with Gasteiger partial charge in [0.2, 0.25) is 0 Å². The number of hydrogen-bond acceptors (Lipinski definition) is 3. The van der Waals surface area contributed by atoms with Crippen molar-refractivity contribution in [2.75, 3.05) is 20.2 Å². The first kappa shape index (κ1) is 15.8. The van der Waals surface area contributed by atoms with Crippen molar-refractivity contribution in [2.24, 2.45) is 5.92 Å². The third-order valence-corrected chi connectivity index (χ3v) is 4.22. The van der Waals surface area contributed by atoms with Crippen LogP contribution in [0.2, 0.25) is 0 Å². The molecule has 1 aromatic carbocycles. The predicted molar refractivity (Wildman–Crippen MR) is 82.7 cm³/mol. The van der Waals surface area contributed by atoms with Crippen molar-refractivity contribution < 1.29 is 14.6 Å². The first-order valence-corrected chi connectivity index (χ1v) is 7.63. The van der Waals surface area contributed by atoms with Crippen LogP contribution in [0.1, 0.15) is 43.7 Å². The Morgan fingerprint density at radius 2 is 2.24 bits per heavy atom. The van der Waals surface area contributed by atoms with Gasteiger partial charge in [0.15, 0.2) is 0 Å². The molecule has 0 aliphatic carbocycles. The summed E-state index contributed by atoms with van der Waals surface area (Å²) in [5.74, 6) is 0.445. The molecule has 1 aliphatic rings. The van der Waals surface area contributed by atoms with Crippen LogP contribution in [0.15, 0.2) is 18.2 Å². The molecule has 2 rings (SSSR count). The van der Waals surface area contributed by atoms with Gasteiger partial charge in [-0.2, -0.15) is 0 Å². The first-order valence-electron chi connectivity index (χ1n) is 7.63. The molecule has 0 amide bonds. The Morgan fingerprint density at radius 1 is 1.48 bits per heavy atom. The van der Waals surface area contributed by atoms with Crippen LogP contribution >= 0.6 is 0 Å². The van der Waals surface area contributed by atoms with E-state index in [1.807, 2.05) is 6.07 Å². The van der Waals surface area contributed by atoms with Crippen molar-refractivity contribution in [3.63, 3.8) is 0 Å². The maximum Gasteiger partial charge on any atom is 0.307 e. The standard InChI is InChI=1S/C17H25NO3/c1-12(2)13-6-7-16(21-3)15(9-13)11-18-8-4-5-14(10-18)17(19)20/h6-7,9,12,14H,4-5,8,10-11H2,1-3H3,(H,19,20). The zero-order chi connectivity index (χ0) is 15.4. The van der Waals surface area contributed by atoms with E-state index in [1.165, 1.54) is 5.56 Å². The number of aliphatic carboxylic acids is 1. The van der Waals surface area contributed by atoms with E-state index < -0.39 is 5.97 Å². The number of likely N-dealkylation sites (tertiary alicyclic amines) is 1. The smallest absolute Gasteiger partial charge is 0.307 e. The number of carboxylic acid groups (broad SMARTS) is 1. The van der Waals surface area contributed by atoms with E-state index in [0.717, 1.165) is 37.2 Å². The topological polar surface area (TPSA) is 49.8 Å². The molecule has 1 aliphatic heterocycles. The molecule has 1 heterocycles. The van der Waals surface area contributed by atoms with Gasteiger partial charge < -0.3 is 9.84 Å². The number of rotatable bonds is 5. The number of ether oxygens (including phenoxy) is 1. The van der Waals surface area contributed by atoms with E-state index >= 15 is 0 Å². The zero-order valence-corrected chi connectivity index (χ0v) is 13.1. The highest BCUT2D eigenvalue weighted by Gasteiger charge is 2.25. The minimum absolute atomic E-state index is 0.238. The van der Waals surface area contributed by atoms with Gasteiger partial charge >= 0.3 is 5.97 Å². The lowest BCUT2D eigenvalue weighted by Crippen LogP contribution is -2.38. The monoisotopic (exact) mass is 291 g/mol. The van der Waals surface area contributed by atoms with E-state index in [-0.39, 0.29) is 5.92 Å². The molecular formula is C17H25NO3. The largest absolute Gasteiger partial charge is 0.496 e. The van der Waals surface area contributed by atoms with Crippen molar-refractivity contribution in [2.45, 2.75) is 39.2 Å². The van der Waals surface area contributed by atoms with Gasteiger partial charge in [0.1, 0.15) is 5.75 Å². The van der Waals surface area contributed by atoms with Crippen LogP contribution in [0.4, 0.5) is 0 Å².